The molecule has 0 spiro atoms. The van der Waals surface area contributed by atoms with Crippen LogP contribution in [0.1, 0.15) is 10.4 Å². The Hall–Kier alpha value is -1.95. The minimum Gasteiger partial charge on any atom is -0.478 e. The minimum atomic E-state index is -1.13. The number of imide groups is 1. The molecule has 1 aliphatic rings. The molecule has 1 aromatic carbocycles. The Morgan fingerprint density at radius 3 is 2.29 bits per heavy atom. The van der Waals surface area contributed by atoms with Gasteiger partial charge in [0.25, 0.3) is 11.8 Å². The van der Waals surface area contributed by atoms with Gasteiger partial charge in [-0.2, -0.15) is 0 Å². The van der Waals surface area contributed by atoms with Crippen LogP contribution >= 0.6 is 15.9 Å². The molecule has 1 N–H and O–H groups in total. The molecule has 0 saturated heterocycles. The highest BCUT2D eigenvalue weighted by Crippen LogP contribution is 2.25. The van der Waals surface area contributed by atoms with E-state index in [2.05, 4.69) is 15.9 Å². The van der Waals surface area contributed by atoms with Crippen LogP contribution in [-0.2, 0) is 9.59 Å². The van der Waals surface area contributed by atoms with Crippen LogP contribution in [0.3, 0.4) is 0 Å². The summed E-state index contributed by atoms with van der Waals surface area (Å²) in [5, 5.41) is 8.93. The highest BCUT2D eigenvalue weighted by molar-refractivity contribution is 9.10. The van der Waals surface area contributed by atoms with Crippen molar-refractivity contribution in [2.24, 2.45) is 0 Å². The number of nitrogens with zero attached hydrogens (tertiary/aromatic N) is 1. The minimum absolute atomic E-state index is 0.00463. The lowest BCUT2D eigenvalue weighted by Gasteiger charge is -2.14. The maximum atomic E-state index is 11.4. The fourth-order valence-electron chi connectivity index (χ4n) is 1.47. The van der Waals surface area contributed by atoms with Gasteiger partial charge in [-0.3, -0.25) is 9.59 Å². The number of rotatable bonds is 2. The van der Waals surface area contributed by atoms with Crippen LogP contribution in [0.2, 0.25) is 0 Å². The smallest absolute Gasteiger partial charge is 0.336 e. The van der Waals surface area contributed by atoms with E-state index in [1.165, 1.54) is 18.2 Å². The Bertz CT molecular complexity index is 547. The van der Waals surface area contributed by atoms with Gasteiger partial charge in [-0.15, -0.1) is 0 Å². The Labute approximate surface area is 104 Å². The van der Waals surface area contributed by atoms with Gasteiger partial charge in [-0.25, -0.2) is 9.69 Å². The Morgan fingerprint density at radius 1 is 1.18 bits per heavy atom. The Morgan fingerprint density at radius 2 is 1.76 bits per heavy atom. The van der Waals surface area contributed by atoms with Crippen LogP contribution in [0.4, 0.5) is 5.69 Å². The van der Waals surface area contributed by atoms with E-state index in [0.717, 1.165) is 17.1 Å². The van der Waals surface area contributed by atoms with Gasteiger partial charge in [0.1, 0.15) is 0 Å². The van der Waals surface area contributed by atoms with E-state index in [-0.39, 0.29) is 11.3 Å². The Kier molecular flexibility index (Phi) is 2.81. The maximum absolute atomic E-state index is 11.4. The number of anilines is 1. The number of carbonyl (C=O) groups excluding carboxylic acids is 2. The van der Waals surface area contributed by atoms with Gasteiger partial charge in [0, 0.05) is 16.6 Å². The summed E-state index contributed by atoms with van der Waals surface area (Å²) < 4.78 is 0.390. The molecule has 1 heterocycles. The maximum Gasteiger partial charge on any atom is 0.336 e. The number of carbonyl (C=O) groups is 3. The zero-order chi connectivity index (χ0) is 12.6. The molecular formula is C11H6BrNO4. The molecule has 2 rings (SSSR count). The zero-order valence-electron chi connectivity index (χ0n) is 8.38. The van der Waals surface area contributed by atoms with Crippen LogP contribution in [-0.4, -0.2) is 22.9 Å². The van der Waals surface area contributed by atoms with Crippen molar-refractivity contribution in [1.29, 1.82) is 0 Å². The largest absolute Gasteiger partial charge is 0.478 e. The van der Waals surface area contributed by atoms with E-state index in [1.54, 1.807) is 0 Å². The average molecular weight is 296 g/mol. The third-order valence-corrected chi connectivity index (χ3v) is 2.94. The summed E-state index contributed by atoms with van der Waals surface area (Å²) in [6.45, 7) is 0. The van der Waals surface area contributed by atoms with E-state index >= 15 is 0 Å². The molecule has 1 aliphatic heterocycles. The fourth-order valence-corrected chi connectivity index (χ4v) is 1.89. The van der Waals surface area contributed by atoms with Crippen molar-refractivity contribution in [2.45, 2.75) is 0 Å². The molecule has 0 aromatic heterocycles. The SMILES string of the molecule is O=C(O)c1cc(N2C(=O)C=CC2=O)ccc1Br. The summed E-state index contributed by atoms with van der Waals surface area (Å²) in [5.41, 5.74) is 0.237. The highest BCUT2D eigenvalue weighted by Gasteiger charge is 2.26. The molecule has 86 valence electrons. The molecule has 0 atom stereocenters. The van der Waals surface area contributed by atoms with Crippen LogP contribution in [0.15, 0.2) is 34.8 Å². The van der Waals surface area contributed by atoms with Gasteiger partial charge >= 0.3 is 5.97 Å². The van der Waals surface area contributed by atoms with Crippen LogP contribution < -0.4 is 4.90 Å². The molecule has 0 saturated carbocycles. The van der Waals surface area contributed by atoms with Gasteiger partial charge < -0.3 is 5.11 Å². The summed E-state index contributed by atoms with van der Waals surface area (Å²) >= 11 is 3.09. The molecule has 6 heteroatoms. The summed E-state index contributed by atoms with van der Waals surface area (Å²) in [5.74, 6) is -2.09. The fraction of sp³-hybridized carbons (Fsp3) is 0. The molecule has 0 radical (unpaired) electrons. The second-order valence-electron chi connectivity index (χ2n) is 3.31. The third-order valence-electron chi connectivity index (χ3n) is 2.25. The Balaban J connectivity index is 2.47. The number of halogens is 1. The predicted octanol–water partition coefficient (Wildman–Crippen LogP) is 1.58. The lowest BCUT2D eigenvalue weighted by Crippen LogP contribution is -2.29. The summed E-state index contributed by atoms with van der Waals surface area (Å²) in [6, 6.07) is 4.26. The molecule has 1 aromatic rings. The van der Waals surface area contributed by atoms with Gasteiger partial charge in [-0.1, -0.05) is 0 Å². The molecular weight excluding hydrogens is 290 g/mol. The van der Waals surface area contributed by atoms with Crippen molar-refractivity contribution in [3.05, 3.63) is 40.4 Å². The molecule has 5 nitrogen and oxygen atoms in total. The van der Waals surface area contributed by atoms with E-state index in [4.69, 9.17) is 5.11 Å². The van der Waals surface area contributed by atoms with Crippen molar-refractivity contribution >= 4 is 39.4 Å². The summed E-state index contributed by atoms with van der Waals surface area (Å²) in [6.07, 6.45) is 2.29. The first-order valence-electron chi connectivity index (χ1n) is 4.59. The van der Waals surface area contributed by atoms with Crippen molar-refractivity contribution in [2.75, 3.05) is 4.90 Å². The van der Waals surface area contributed by atoms with Crippen molar-refractivity contribution in [1.82, 2.24) is 0 Å². The summed E-state index contributed by atoms with van der Waals surface area (Å²) in [4.78, 5) is 34.7. The monoisotopic (exact) mass is 295 g/mol. The predicted molar refractivity (Wildman–Crippen MR) is 62.7 cm³/mol. The quantitative estimate of drug-likeness (QED) is 0.841. The topological polar surface area (TPSA) is 74.7 Å². The first-order chi connectivity index (χ1) is 8.00. The summed E-state index contributed by atoms with van der Waals surface area (Å²) in [7, 11) is 0. The second kappa shape index (κ2) is 4.14. The van der Waals surface area contributed by atoms with Crippen molar-refractivity contribution < 1.29 is 19.5 Å². The van der Waals surface area contributed by atoms with E-state index in [0.29, 0.717) is 4.47 Å². The second-order valence-corrected chi connectivity index (χ2v) is 4.17. The zero-order valence-corrected chi connectivity index (χ0v) is 9.97. The normalized spacial score (nSPS) is 14.5. The van der Waals surface area contributed by atoms with Crippen LogP contribution in [0, 0.1) is 0 Å². The number of hydrogen-bond acceptors (Lipinski definition) is 3. The van der Waals surface area contributed by atoms with Crippen LogP contribution in [0.5, 0.6) is 0 Å². The molecule has 17 heavy (non-hydrogen) atoms. The lowest BCUT2D eigenvalue weighted by atomic mass is 10.2. The van der Waals surface area contributed by atoms with Crippen molar-refractivity contribution in [3.63, 3.8) is 0 Å². The van der Waals surface area contributed by atoms with E-state index < -0.39 is 17.8 Å². The average Bonchev–Trinajstić information content (AvgIpc) is 2.59. The number of benzene rings is 1. The molecule has 0 aliphatic carbocycles. The van der Waals surface area contributed by atoms with E-state index in [9.17, 15) is 14.4 Å². The number of hydrogen-bond donors (Lipinski definition) is 1. The van der Waals surface area contributed by atoms with Gasteiger partial charge in [-0.05, 0) is 34.1 Å². The van der Waals surface area contributed by atoms with Gasteiger partial charge in [0.05, 0.1) is 11.3 Å². The van der Waals surface area contributed by atoms with Gasteiger partial charge in [0.15, 0.2) is 0 Å². The highest BCUT2D eigenvalue weighted by atomic mass is 79.9. The first kappa shape index (κ1) is 11.5. The van der Waals surface area contributed by atoms with Gasteiger partial charge in [0.2, 0.25) is 0 Å². The van der Waals surface area contributed by atoms with Crippen LogP contribution in [0.25, 0.3) is 0 Å². The third kappa shape index (κ3) is 1.99. The van der Waals surface area contributed by atoms with E-state index in [1.807, 2.05) is 0 Å². The number of amides is 2. The lowest BCUT2D eigenvalue weighted by molar-refractivity contribution is -0.119. The number of carboxylic acids is 1. The number of carboxylic acid groups (broad SMARTS) is 1. The molecule has 0 bridgehead atoms. The number of aromatic carboxylic acids is 1. The first-order valence-corrected chi connectivity index (χ1v) is 5.39. The standard InChI is InChI=1S/C11H6BrNO4/c12-8-2-1-6(5-7(8)11(16)17)13-9(14)3-4-10(13)15/h1-5H,(H,16,17). The molecule has 0 fully saturated rings. The molecule has 2 amide bonds. The van der Waals surface area contributed by atoms with Crippen molar-refractivity contribution in [3.8, 4) is 0 Å². The molecule has 0 unspecified atom stereocenters.